The third-order valence-electron chi connectivity index (χ3n) is 3.21. The van der Waals surface area contributed by atoms with Crippen LogP contribution in [0.2, 0.25) is 0 Å². The number of Topliss-reactive ketones (excluding diaryl/α,β-unsaturated/α-hetero) is 1. The molecule has 0 spiro atoms. The summed E-state index contributed by atoms with van der Waals surface area (Å²) in [4.78, 5) is 22.5. The van der Waals surface area contributed by atoms with Crippen LogP contribution < -0.4 is 0 Å². The second-order valence-electron chi connectivity index (χ2n) is 4.94. The van der Waals surface area contributed by atoms with Gasteiger partial charge in [-0.25, -0.2) is 0 Å². The molecule has 0 atom stereocenters. The van der Waals surface area contributed by atoms with Gasteiger partial charge in [0, 0.05) is 5.92 Å². The fourth-order valence-electron chi connectivity index (χ4n) is 2.19. The third-order valence-corrected chi connectivity index (χ3v) is 3.21. The average Bonchev–Trinajstić information content (AvgIpc) is 2.49. The summed E-state index contributed by atoms with van der Waals surface area (Å²) < 4.78 is 5.26. The fourth-order valence-corrected chi connectivity index (χ4v) is 2.19. The molecule has 0 unspecified atom stereocenters. The molecular weight excluding hydrogens is 264 g/mol. The van der Waals surface area contributed by atoms with Crippen molar-refractivity contribution in [1.82, 2.24) is 0 Å². The van der Waals surface area contributed by atoms with E-state index < -0.39 is 5.97 Å². The van der Waals surface area contributed by atoms with E-state index >= 15 is 0 Å². The van der Waals surface area contributed by atoms with Gasteiger partial charge in [-0.05, 0) is 18.1 Å². The minimum atomic E-state index is -0.473. The molecule has 0 heterocycles. The molecule has 2 aromatic rings. The molecule has 0 amide bonds. The Hall–Kier alpha value is -2.42. The molecule has 2 rings (SSSR count). The van der Waals surface area contributed by atoms with Gasteiger partial charge in [0.1, 0.15) is 18.8 Å². The Kier molecular flexibility index (Phi) is 5.27. The van der Waals surface area contributed by atoms with Crippen LogP contribution in [-0.2, 0) is 14.3 Å². The summed E-state index contributed by atoms with van der Waals surface area (Å²) >= 11 is 0. The third kappa shape index (κ3) is 4.56. The van der Waals surface area contributed by atoms with Crippen molar-refractivity contribution in [2.24, 2.45) is 0 Å². The van der Waals surface area contributed by atoms with Crippen molar-refractivity contribution in [1.29, 1.82) is 0 Å². The van der Waals surface area contributed by atoms with Crippen LogP contribution in [0, 0.1) is 0 Å². The van der Waals surface area contributed by atoms with Gasteiger partial charge in [0.25, 0.3) is 0 Å². The topological polar surface area (TPSA) is 43.4 Å². The molecule has 108 valence electrons. The van der Waals surface area contributed by atoms with Crippen molar-refractivity contribution in [2.45, 2.75) is 19.3 Å². The van der Waals surface area contributed by atoms with Gasteiger partial charge in [-0.3, -0.25) is 9.59 Å². The Bertz CT molecular complexity index is 551. The zero-order valence-corrected chi connectivity index (χ0v) is 12.0. The second-order valence-corrected chi connectivity index (χ2v) is 4.94. The molecule has 2 aromatic carbocycles. The van der Waals surface area contributed by atoms with E-state index in [0.717, 1.165) is 11.1 Å². The summed E-state index contributed by atoms with van der Waals surface area (Å²) in [7, 11) is 0. The number of ether oxygens (including phenoxy) is 1. The van der Waals surface area contributed by atoms with Crippen LogP contribution in [0.5, 0.6) is 0 Å². The predicted molar refractivity (Wildman–Crippen MR) is 81.0 cm³/mol. The molecule has 0 aliphatic heterocycles. The maximum Gasteiger partial charge on any atom is 0.313 e. The minimum Gasteiger partial charge on any atom is -0.464 e. The van der Waals surface area contributed by atoms with E-state index in [0.29, 0.717) is 0 Å². The van der Waals surface area contributed by atoms with E-state index in [1.807, 2.05) is 60.7 Å². The first kappa shape index (κ1) is 15.0. The number of esters is 1. The summed E-state index contributed by atoms with van der Waals surface area (Å²) in [5, 5.41) is 0. The van der Waals surface area contributed by atoms with Crippen molar-refractivity contribution in [3.8, 4) is 0 Å². The molecule has 0 aliphatic rings. The van der Waals surface area contributed by atoms with Crippen molar-refractivity contribution >= 4 is 11.8 Å². The SMILES string of the molecule is CC(=O)CC(=O)OCC(c1ccccc1)c1ccccc1. The highest BCUT2D eigenvalue weighted by Crippen LogP contribution is 2.24. The first-order valence-corrected chi connectivity index (χ1v) is 6.92. The summed E-state index contributed by atoms with van der Waals surface area (Å²) in [6, 6.07) is 19.8. The Morgan fingerprint density at radius 2 is 1.38 bits per heavy atom. The lowest BCUT2D eigenvalue weighted by Crippen LogP contribution is -2.15. The summed E-state index contributed by atoms with van der Waals surface area (Å²) in [6.45, 7) is 1.62. The molecule has 0 saturated heterocycles. The molecule has 0 aliphatic carbocycles. The van der Waals surface area contributed by atoms with Crippen LogP contribution in [0.1, 0.15) is 30.4 Å². The standard InChI is InChI=1S/C18H18O3/c1-14(19)12-18(20)21-13-17(15-8-4-2-5-9-15)16-10-6-3-7-11-16/h2-11,17H,12-13H2,1H3. The number of carbonyl (C=O) groups is 2. The molecule has 0 radical (unpaired) electrons. The molecule has 0 saturated carbocycles. The van der Waals surface area contributed by atoms with E-state index in [9.17, 15) is 9.59 Å². The zero-order chi connectivity index (χ0) is 15.1. The highest BCUT2D eigenvalue weighted by molar-refractivity contribution is 5.94. The van der Waals surface area contributed by atoms with E-state index in [4.69, 9.17) is 4.74 Å². The van der Waals surface area contributed by atoms with Crippen LogP contribution in [-0.4, -0.2) is 18.4 Å². The average molecular weight is 282 g/mol. The minimum absolute atomic E-state index is 0.0247. The van der Waals surface area contributed by atoms with Crippen LogP contribution in [0.3, 0.4) is 0 Å². The molecule has 0 aromatic heterocycles. The van der Waals surface area contributed by atoms with Gasteiger partial charge in [-0.2, -0.15) is 0 Å². The molecule has 0 fully saturated rings. The van der Waals surface area contributed by atoms with Crippen LogP contribution in [0.4, 0.5) is 0 Å². The molecular formula is C18H18O3. The summed E-state index contributed by atoms with van der Waals surface area (Å²) in [5.41, 5.74) is 2.17. The van der Waals surface area contributed by atoms with Gasteiger partial charge < -0.3 is 4.74 Å². The monoisotopic (exact) mass is 282 g/mol. The molecule has 0 bridgehead atoms. The molecule has 3 heteroatoms. The summed E-state index contributed by atoms with van der Waals surface area (Å²) in [6.07, 6.45) is -0.170. The Labute approximate surface area is 124 Å². The van der Waals surface area contributed by atoms with Crippen molar-refractivity contribution in [2.75, 3.05) is 6.61 Å². The van der Waals surface area contributed by atoms with Crippen LogP contribution in [0.25, 0.3) is 0 Å². The van der Waals surface area contributed by atoms with Gasteiger partial charge in [-0.1, -0.05) is 60.7 Å². The first-order chi connectivity index (χ1) is 10.2. The van der Waals surface area contributed by atoms with E-state index in [-0.39, 0.29) is 24.7 Å². The highest BCUT2D eigenvalue weighted by Gasteiger charge is 2.16. The van der Waals surface area contributed by atoms with E-state index in [1.165, 1.54) is 6.92 Å². The normalized spacial score (nSPS) is 10.4. The number of carbonyl (C=O) groups excluding carboxylic acids is 2. The van der Waals surface area contributed by atoms with Gasteiger partial charge in [0.15, 0.2) is 0 Å². The first-order valence-electron chi connectivity index (χ1n) is 6.92. The van der Waals surface area contributed by atoms with Crippen LogP contribution >= 0.6 is 0 Å². The second kappa shape index (κ2) is 7.39. The van der Waals surface area contributed by atoms with Crippen molar-refractivity contribution < 1.29 is 14.3 Å². The lowest BCUT2D eigenvalue weighted by molar-refractivity contribution is -0.145. The maximum absolute atomic E-state index is 11.6. The van der Waals surface area contributed by atoms with E-state index in [1.54, 1.807) is 0 Å². The molecule has 3 nitrogen and oxygen atoms in total. The Morgan fingerprint density at radius 1 is 0.905 bits per heavy atom. The van der Waals surface area contributed by atoms with E-state index in [2.05, 4.69) is 0 Å². The maximum atomic E-state index is 11.6. The smallest absolute Gasteiger partial charge is 0.313 e. The quantitative estimate of drug-likeness (QED) is 0.603. The Balaban J connectivity index is 2.14. The number of hydrogen-bond acceptors (Lipinski definition) is 3. The van der Waals surface area contributed by atoms with Gasteiger partial charge in [0.05, 0.1) is 0 Å². The molecule has 0 N–H and O–H groups in total. The summed E-state index contributed by atoms with van der Waals surface area (Å²) in [5.74, 6) is -0.682. The van der Waals surface area contributed by atoms with Crippen molar-refractivity contribution in [3.05, 3.63) is 71.8 Å². The number of hydrogen-bond donors (Lipinski definition) is 0. The lowest BCUT2D eigenvalue weighted by atomic mass is 9.92. The number of rotatable bonds is 6. The largest absolute Gasteiger partial charge is 0.464 e. The van der Waals surface area contributed by atoms with Crippen LogP contribution in [0.15, 0.2) is 60.7 Å². The van der Waals surface area contributed by atoms with Gasteiger partial charge >= 0.3 is 5.97 Å². The zero-order valence-electron chi connectivity index (χ0n) is 12.0. The number of benzene rings is 2. The van der Waals surface area contributed by atoms with Gasteiger partial charge in [0.2, 0.25) is 0 Å². The fraction of sp³-hybridized carbons (Fsp3) is 0.222. The highest BCUT2D eigenvalue weighted by atomic mass is 16.5. The van der Waals surface area contributed by atoms with Crippen molar-refractivity contribution in [3.63, 3.8) is 0 Å². The lowest BCUT2D eigenvalue weighted by Gasteiger charge is -2.18. The Morgan fingerprint density at radius 3 is 1.81 bits per heavy atom. The number of ketones is 1. The molecule has 21 heavy (non-hydrogen) atoms. The van der Waals surface area contributed by atoms with Gasteiger partial charge in [-0.15, -0.1) is 0 Å². The predicted octanol–water partition coefficient (Wildman–Crippen LogP) is 3.34.